The minimum atomic E-state index is -3.47. The quantitative estimate of drug-likeness (QED) is 0.890. The average molecular weight is 358 g/mol. The molecule has 0 saturated carbocycles. The van der Waals surface area contributed by atoms with Gasteiger partial charge in [0.25, 0.3) is 0 Å². The number of sulfonamides is 1. The molecule has 0 aliphatic carbocycles. The van der Waals surface area contributed by atoms with E-state index in [0.29, 0.717) is 19.5 Å². The molecule has 0 atom stereocenters. The summed E-state index contributed by atoms with van der Waals surface area (Å²) in [6, 6.07) is 15.1. The Balaban J connectivity index is 1.69. The van der Waals surface area contributed by atoms with Gasteiger partial charge in [-0.25, -0.2) is 13.1 Å². The van der Waals surface area contributed by atoms with Crippen LogP contribution in [-0.2, 0) is 34.2 Å². The molecule has 1 N–H and O–H groups in total. The summed E-state index contributed by atoms with van der Waals surface area (Å²) >= 11 is 0. The molecule has 3 rings (SSSR count). The fourth-order valence-corrected chi connectivity index (χ4v) is 3.87. The van der Waals surface area contributed by atoms with Crippen molar-refractivity contribution in [3.63, 3.8) is 0 Å². The molecule has 0 aromatic heterocycles. The predicted octanol–water partition coefficient (Wildman–Crippen LogP) is 2.11. The topological polar surface area (TPSA) is 66.5 Å². The first-order valence-corrected chi connectivity index (χ1v) is 9.85. The van der Waals surface area contributed by atoms with E-state index in [1.807, 2.05) is 41.3 Å². The normalized spacial score (nSPS) is 14.2. The summed E-state index contributed by atoms with van der Waals surface area (Å²) in [6.45, 7) is 1.15. The van der Waals surface area contributed by atoms with Gasteiger partial charge in [0.1, 0.15) is 0 Å². The molecule has 1 amide bonds. The lowest BCUT2D eigenvalue weighted by Crippen LogP contribution is -2.36. The molecule has 0 spiro atoms. The molecule has 25 heavy (non-hydrogen) atoms. The Labute approximate surface area is 148 Å². The molecule has 132 valence electrons. The number of benzene rings is 2. The van der Waals surface area contributed by atoms with E-state index in [2.05, 4.69) is 4.72 Å². The zero-order chi connectivity index (χ0) is 17.9. The molecule has 2 aromatic carbocycles. The Bertz CT molecular complexity index is 863. The van der Waals surface area contributed by atoms with Crippen molar-refractivity contribution in [3.8, 4) is 0 Å². The monoisotopic (exact) mass is 358 g/mol. The van der Waals surface area contributed by atoms with Crippen LogP contribution in [0.15, 0.2) is 53.4 Å². The zero-order valence-electron chi connectivity index (χ0n) is 14.2. The summed E-state index contributed by atoms with van der Waals surface area (Å²) in [5.41, 5.74) is 3.17. The highest BCUT2D eigenvalue weighted by Gasteiger charge is 2.22. The van der Waals surface area contributed by atoms with E-state index in [1.54, 1.807) is 12.1 Å². The SMILES string of the molecule is CNS(=O)(=O)c1ccc2c(c1)CN(C(=O)CCc1ccccc1)CC2. The van der Waals surface area contributed by atoms with Crippen LogP contribution >= 0.6 is 0 Å². The smallest absolute Gasteiger partial charge is 0.240 e. The third-order valence-electron chi connectivity index (χ3n) is 4.59. The number of fused-ring (bicyclic) bond motifs is 1. The van der Waals surface area contributed by atoms with Gasteiger partial charge in [-0.1, -0.05) is 36.4 Å². The molecular formula is C19H22N2O3S. The highest BCUT2D eigenvalue weighted by atomic mass is 32.2. The van der Waals surface area contributed by atoms with Crippen LogP contribution in [0, 0.1) is 0 Å². The molecule has 1 heterocycles. The lowest BCUT2D eigenvalue weighted by atomic mass is 9.99. The van der Waals surface area contributed by atoms with Gasteiger partial charge in [-0.15, -0.1) is 0 Å². The molecule has 5 nitrogen and oxygen atoms in total. The first kappa shape index (κ1) is 17.6. The average Bonchev–Trinajstić information content (AvgIpc) is 2.66. The van der Waals surface area contributed by atoms with E-state index >= 15 is 0 Å². The van der Waals surface area contributed by atoms with E-state index in [0.717, 1.165) is 29.5 Å². The largest absolute Gasteiger partial charge is 0.338 e. The number of aryl methyl sites for hydroxylation is 1. The van der Waals surface area contributed by atoms with Crippen LogP contribution in [0.2, 0.25) is 0 Å². The number of nitrogens with zero attached hydrogens (tertiary/aromatic N) is 1. The fraction of sp³-hybridized carbons (Fsp3) is 0.316. The predicted molar refractivity (Wildman–Crippen MR) is 96.6 cm³/mol. The van der Waals surface area contributed by atoms with Crippen molar-refractivity contribution in [1.29, 1.82) is 0 Å². The molecule has 1 aliphatic rings. The molecule has 6 heteroatoms. The number of hydrogen-bond donors (Lipinski definition) is 1. The summed E-state index contributed by atoms with van der Waals surface area (Å²) in [4.78, 5) is 14.6. The van der Waals surface area contributed by atoms with Crippen molar-refractivity contribution in [2.75, 3.05) is 13.6 Å². The van der Waals surface area contributed by atoms with E-state index < -0.39 is 10.0 Å². The summed E-state index contributed by atoms with van der Waals surface area (Å²) in [5.74, 6) is 0.108. The first-order valence-electron chi connectivity index (χ1n) is 8.36. The Hall–Kier alpha value is -2.18. The maximum Gasteiger partial charge on any atom is 0.240 e. The van der Waals surface area contributed by atoms with Gasteiger partial charge in [-0.2, -0.15) is 0 Å². The standard InChI is InChI=1S/C19H22N2O3S/c1-20-25(23,24)18-9-8-16-11-12-21(14-17(16)13-18)19(22)10-7-15-5-3-2-4-6-15/h2-6,8-9,13,20H,7,10-12,14H2,1H3. The van der Waals surface area contributed by atoms with E-state index in [1.165, 1.54) is 7.05 Å². The maximum absolute atomic E-state index is 12.5. The van der Waals surface area contributed by atoms with Crippen LogP contribution in [0.5, 0.6) is 0 Å². The zero-order valence-corrected chi connectivity index (χ0v) is 15.1. The summed E-state index contributed by atoms with van der Waals surface area (Å²) < 4.78 is 26.3. The molecule has 1 aliphatic heterocycles. The number of carbonyl (C=O) groups is 1. The summed E-state index contributed by atoms with van der Waals surface area (Å²) in [5, 5.41) is 0. The molecule has 0 saturated heterocycles. The summed E-state index contributed by atoms with van der Waals surface area (Å²) in [6.07, 6.45) is 1.94. The van der Waals surface area contributed by atoms with Gasteiger partial charge in [0.15, 0.2) is 0 Å². The molecule has 2 aromatic rings. The number of nitrogens with one attached hydrogen (secondary N) is 1. The highest BCUT2D eigenvalue weighted by molar-refractivity contribution is 7.89. The maximum atomic E-state index is 12.5. The van der Waals surface area contributed by atoms with E-state index in [4.69, 9.17) is 0 Å². The lowest BCUT2D eigenvalue weighted by molar-refractivity contribution is -0.132. The Morgan fingerprint density at radius 2 is 1.88 bits per heavy atom. The third kappa shape index (κ3) is 4.08. The molecule has 0 unspecified atom stereocenters. The van der Waals surface area contributed by atoms with E-state index in [-0.39, 0.29) is 10.8 Å². The minimum absolute atomic E-state index is 0.108. The summed E-state index contributed by atoms with van der Waals surface area (Å²) in [7, 11) is -2.07. The van der Waals surface area contributed by atoms with Crippen molar-refractivity contribution < 1.29 is 13.2 Å². The number of hydrogen-bond acceptors (Lipinski definition) is 3. The minimum Gasteiger partial charge on any atom is -0.338 e. The highest BCUT2D eigenvalue weighted by Crippen LogP contribution is 2.23. The molecular weight excluding hydrogens is 336 g/mol. The van der Waals surface area contributed by atoms with Gasteiger partial charge >= 0.3 is 0 Å². The van der Waals surface area contributed by atoms with Gasteiger partial charge in [0, 0.05) is 19.5 Å². The Morgan fingerprint density at radius 3 is 2.60 bits per heavy atom. The van der Waals surface area contributed by atoms with Crippen LogP contribution < -0.4 is 4.72 Å². The lowest BCUT2D eigenvalue weighted by Gasteiger charge is -2.29. The first-order chi connectivity index (χ1) is 12.0. The Kier molecular flexibility index (Phi) is 5.20. The van der Waals surface area contributed by atoms with E-state index in [9.17, 15) is 13.2 Å². The molecule has 0 bridgehead atoms. The number of amides is 1. The second-order valence-corrected chi connectivity index (χ2v) is 8.08. The van der Waals surface area contributed by atoms with Crippen molar-refractivity contribution in [1.82, 2.24) is 9.62 Å². The number of carbonyl (C=O) groups excluding carboxylic acids is 1. The van der Waals surface area contributed by atoms with Crippen molar-refractivity contribution in [3.05, 3.63) is 65.2 Å². The van der Waals surface area contributed by atoms with Crippen LogP contribution in [0.1, 0.15) is 23.1 Å². The fourth-order valence-electron chi connectivity index (χ4n) is 3.09. The van der Waals surface area contributed by atoms with Crippen molar-refractivity contribution >= 4 is 15.9 Å². The number of rotatable bonds is 5. The van der Waals surface area contributed by atoms with Crippen molar-refractivity contribution in [2.24, 2.45) is 0 Å². The van der Waals surface area contributed by atoms with Gasteiger partial charge < -0.3 is 4.90 Å². The molecule has 0 fully saturated rings. The second-order valence-electron chi connectivity index (χ2n) is 6.19. The second kappa shape index (κ2) is 7.37. The van der Waals surface area contributed by atoms with Crippen LogP contribution in [0.25, 0.3) is 0 Å². The van der Waals surface area contributed by atoms with Gasteiger partial charge in [-0.05, 0) is 48.7 Å². The van der Waals surface area contributed by atoms with Crippen LogP contribution in [0.3, 0.4) is 0 Å². The Morgan fingerprint density at radius 1 is 1.12 bits per heavy atom. The van der Waals surface area contributed by atoms with Crippen molar-refractivity contribution in [2.45, 2.75) is 30.7 Å². The van der Waals surface area contributed by atoms with Crippen LogP contribution in [0.4, 0.5) is 0 Å². The van der Waals surface area contributed by atoms with Crippen LogP contribution in [-0.4, -0.2) is 32.8 Å². The van der Waals surface area contributed by atoms with Gasteiger partial charge in [0.2, 0.25) is 15.9 Å². The molecule has 0 radical (unpaired) electrons. The third-order valence-corrected chi connectivity index (χ3v) is 6.00. The van der Waals surface area contributed by atoms with Gasteiger partial charge in [0.05, 0.1) is 4.90 Å². The van der Waals surface area contributed by atoms with Gasteiger partial charge in [-0.3, -0.25) is 4.79 Å².